The molecule has 2 saturated carbocycles. The van der Waals surface area contributed by atoms with Crippen molar-refractivity contribution in [2.45, 2.75) is 114 Å². The largest absolute Gasteiger partial charge is 0.463 e. The van der Waals surface area contributed by atoms with Gasteiger partial charge in [-0.05, 0) is 71.4 Å². The lowest BCUT2D eigenvalue weighted by molar-refractivity contribution is -0.203. The van der Waals surface area contributed by atoms with Crippen LogP contribution in [-0.2, 0) is 35.0 Å². The topological polar surface area (TPSA) is 189 Å². The average molecular weight is 737 g/mol. The zero-order chi connectivity index (χ0) is 37.5. The SMILES string of the molecule is CCOC(=O)/C=C/c1ncc(C)nc1NCCC1(O)CCC2(CC1)OCCO2.Cc1cnc2ccc(=O)n(CCC3(O)CCC4(CC3)OCCO4)c2n1. The summed E-state index contributed by atoms with van der Waals surface area (Å²) in [6.07, 6.45) is 12.6. The van der Waals surface area contributed by atoms with Gasteiger partial charge in [0.1, 0.15) is 11.2 Å². The molecule has 3 aromatic heterocycles. The van der Waals surface area contributed by atoms with Gasteiger partial charge >= 0.3 is 5.97 Å². The van der Waals surface area contributed by atoms with Crippen molar-refractivity contribution in [3.05, 3.63) is 58.0 Å². The smallest absolute Gasteiger partial charge is 0.330 e. The van der Waals surface area contributed by atoms with E-state index in [9.17, 15) is 19.8 Å². The minimum Gasteiger partial charge on any atom is -0.463 e. The van der Waals surface area contributed by atoms with Gasteiger partial charge in [0.2, 0.25) is 0 Å². The molecule has 4 aliphatic rings. The quantitative estimate of drug-likeness (QED) is 0.202. The molecule has 0 bridgehead atoms. The molecule has 7 rings (SSSR count). The molecule has 3 N–H and O–H groups in total. The van der Waals surface area contributed by atoms with Crippen LogP contribution >= 0.6 is 0 Å². The van der Waals surface area contributed by atoms with Gasteiger partial charge in [-0.15, -0.1) is 0 Å². The third-order valence-electron chi connectivity index (χ3n) is 10.6. The Morgan fingerprint density at radius 1 is 0.849 bits per heavy atom. The molecule has 15 heteroatoms. The van der Waals surface area contributed by atoms with Gasteiger partial charge in [0, 0.05) is 63.3 Å². The highest BCUT2D eigenvalue weighted by Gasteiger charge is 2.46. The van der Waals surface area contributed by atoms with Crippen molar-refractivity contribution in [3.63, 3.8) is 0 Å². The Morgan fingerprint density at radius 2 is 1.42 bits per heavy atom. The molecule has 0 atom stereocenters. The maximum absolute atomic E-state index is 12.3. The number of fused-ring (bicyclic) bond motifs is 1. The van der Waals surface area contributed by atoms with E-state index in [0.717, 1.165) is 11.4 Å². The monoisotopic (exact) mass is 736 g/mol. The first kappa shape index (κ1) is 38.9. The zero-order valence-electron chi connectivity index (χ0n) is 31.0. The first-order valence-corrected chi connectivity index (χ1v) is 18.7. The number of nitrogens with zero attached hydrogens (tertiary/aromatic N) is 5. The number of anilines is 1. The zero-order valence-corrected chi connectivity index (χ0v) is 31.0. The van der Waals surface area contributed by atoms with Crippen LogP contribution < -0.4 is 10.9 Å². The molecule has 0 aromatic carbocycles. The van der Waals surface area contributed by atoms with Crippen LogP contribution in [0.5, 0.6) is 0 Å². The minimum absolute atomic E-state index is 0.120. The fraction of sp³-hybridized carbons (Fsp3) is 0.632. The Morgan fingerprint density at radius 3 is 2.02 bits per heavy atom. The highest BCUT2D eigenvalue weighted by molar-refractivity contribution is 5.87. The van der Waals surface area contributed by atoms with E-state index in [-0.39, 0.29) is 5.56 Å². The summed E-state index contributed by atoms with van der Waals surface area (Å²) in [6, 6.07) is 3.20. The summed E-state index contributed by atoms with van der Waals surface area (Å²) in [5.74, 6) is -0.811. The standard InChI is InChI=1S/C20H29N3O5.C18H23N3O4/c1-3-26-17(24)5-4-16-18(23-15(2)14-22-16)21-11-10-19(25)6-8-20(9-7-19)27-12-13-28-20;1-13-12-19-14-2-3-15(22)21(16(14)20-13)9-8-17(23)4-6-18(7-5-17)24-10-11-25-18/h4-5,14,25H,3,6-13H2,1-2H3,(H,21,23);2-3,12,23H,4-11H2,1H3/b5-4+;. The second-order valence-electron chi connectivity index (χ2n) is 14.5. The Hall–Kier alpha value is -3.86. The predicted octanol–water partition coefficient (Wildman–Crippen LogP) is 3.75. The van der Waals surface area contributed by atoms with Crippen molar-refractivity contribution in [2.24, 2.45) is 0 Å². The van der Waals surface area contributed by atoms with Crippen molar-refractivity contribution < 1.29 is 38.7 Å². The van der Waals surface area contributed by atoms with Crippen LogP contribution in [0.2, 0.25) is 0 Å². The van der Waals surface area contributed by atoms with Gasteiger partial charge in [0.15, 0.2) is 23.0 Å². The van der Waals surface area contributed by atoms with Gasteiger partial charge in [0.25, 0.3) is 5.56 Å². The summed E-state index contributed by atoms with van der Waals surface area (Å²) in [5, 5.41) is 25.1. The predicted molar refractivity (Wildman–Crippen MR) is 195 cm³/mol. The summed E-state index contributed by atoms with van der Waals surface area (Å²) >= 11 is 0. The number of carbonyl (C=O) groups excluding carboxylic acids is 1. The van der Waals surface area contributed by atoms with Gasteiger partial charge in [-0.2, -0.15) is 0 Å². The van der Waals surface area contributed by atoms with Gasteiger partial charge in [0.05, 0.1) is 55.6 Å². The summed E-state index contributed by atoms with van der Waals surface area (Å²) < 4.78 is 29.4. The number of aliphatic hydroxyl groups is 2. The number of carbonyl (C=O) groups is 1. The number of aromatic nitrogens is 5. The Balaban J connectivity index is 0.000000182. The molecule has 4 fully saturated rings. The number of rotatable bonds is 10. The molecule has 0 radical (unpaired) electrons. The molecule has 2 spiro atoms. The first-order chi connectivity index (χ1) is 25.4. The Labute approximate surface area is 309 Å². The summed E-state index contributed by atoms with van der Waals surface area (Å²) in [5.41, 5.74) is 1.68. The summed E-state index contributed by atoms with van der Waals surface area (Å²) in [4.78, 5) is 41.4. The first-order valence-electron chi connectivity index (χ1n) is 18.7. The van der Waals surface area contributed by atoms with E-state index >= 15 is 0 Å². The van der Waals surface area contributed by atoms with Crippen LogP contribution in [0.25, 0.3) is 17.2 Å². The van der Waals surface area contributed by atoms with E-state index < -0.39 is 28.7 Å². The Kier molecular flexibility index (Phi) is 12.2. The van der Waals surface area contributed by atoms with E-state index in [0.29, 0.717) is 133 Å². The third kappa shape index (κ3) is 9.82. The number of ether oxygens (including phenoxy) is 5. The average Bonchev–Trinajstić information content (AvgIpc) is 3.81. The van der Waals surface area contributed by atoms with E-state index in [1.807, 2.05) is 13.8 Å². The van der Waals surface area contributed by atoms with Crippen LogP contribution in [0.3, 0.4) is 0 Å². The lowest BCUT2D eigenvalue weighted by Gasteiger charge is -2.40. The molecular weight excluding hydrogens is 684 g/mol. The van der Waals surface area contributed by atoms with Crippen LogP contribution in [0.1, 0.15) is 88.2 Å². The van der Waals surface area contributed by atoms with Crippen molar-refractivity contribution >= 4 is 29.0 Å². The highest BCUT2D eigenvalue weighted by atomic mass is 16.7. The number of aryl methyl sites for hydroxylation is 3. The molecule has 2 aliphatic heterocycles. The molecule has 2 saturated heterocycles. The molecule has 0 amide bonds. The Bertz CT molecular complexity index is 1800. The van der Waals surface area contributed by atoms with E-state index in [4.69, 9.17) is 23.7 Å². The number of esters is 1. The second-order valence-corrected chi connectivity index (χ2v) is 14.5. The summed E-state index contributed by atoms with van der Waals surface area (Å²) in [6.45, 7) is 9.27. The van der Waals surface area contributed by atoms with Gasteiger partial charge in [-0.1, -0.05) is 0 Å². The normalized spacial score (nSPS) is 23.0. The molecule has 288 valence electrons. The van der Waals surface area contributed by atoms with Crippen LogP contribution in [0, 0.1) is 13.8 Å². The lowest BCUT2D eigenvalue weighted by atomic mass is 9.79. The molecular formula is C38H52N6O9. The molecule has 53 heavy (non-hydrogen) atoms. The minimum atomic E-state index is -0.806. The van der Waals surface area contributed by atoms with Crippen LogP contribution in [-0.4, -0.2) is 103 Å². The maximum atomic E-state index is 12.3. The van der Waals surface area contributed by atoms with Gasteiger partial charge in [-0.25, -0.2) is 14.8 Å². The van der Waals surface area contributed by atoms with Crippen molar-refractivity contribution in [1.29, 1.82) is 0 Å². The van der Waals surface area contributed by atoms with Crippen molar-refractivity contribution in [2.75, 3.05) is 44.9 Å². The van der Waals surface area contributed by atoms with Gasteiger partial charge in [-0.3, -0.25) is 19.3 Å². The summed E-state index contributed by atoms with van der Waals surface area (Å²) in [7, 11) is 0. The lowest BCUT2D eigenvalue weighted by Crippen LogP contribution is -2.44. The third-order valence-corrected chi connectivity index (χ3v) is 10.6. The van der Waals surface area contributed by atoms with Gasteiger partial charge < -0.3 is 39.2 Å². The van der Waals surface area contributed by atoms with Crippen molar-refractivity contribution in [1.82, 2.24) is 24.5 Å². The molecule has 0 unspecified atom stereocenters. The number of hydrogen-bond donors (Lipinski definition) is 3. The second kappa shape index (κ2) is 16.7. The highest BCUT2D eigenvalue weighted by Crippen LogP contribution is 2.42. The fourth-order valence-electron chi connectivity index (χ4n) is 7.42. The van der Waals surface area contributed by atoms with E-state index in [1.165, 1.54) is 12.1 Å². The van der Waals surface area contributed by atoms with Crippen LogP contribution in [0.15, 0.2) is 35.4 Å². The van der Waals surface area contributed by atoms with E-state index in [2.05, 4.69) is 25.3 Å². The molecule has 5 heterocycles. The number of nitrogens with one attached hydrogen (secondary N) is 1. The van der Waals surface area contributed by atoms with Crippen LogP contribution in [0.4, 0.5) is 5.82 Å². The van der Waals surface area contributed by atoms with E-state index in [1.54, 1.807) is 36.0 Å². The molecule has 2 aliphatic carbocycles. The molecule has 15 nitrogen and oxygen atoms in total. The maximum Gasteiger partial charge on any atom is 0.330 e. The molecule has 3 aromatic rings. The fourth-order valence-corrected chi connectivity index (χ4v) is 7.42. The number of hydrogen-bond acceptors (Lipinski definition) is 14. The number of pyridine rings is 1. The van der Waals surface area contributed by atoms with Crippen molar-refractivity contribution in [3.8, 4) is 0 Å².